The molecule has 2 aromatic rings. The molecule has 1 heterocycles. The van der Waals surface area contributed by atoms with Crippen LogP contribution in [0.15, 0.2) is 54.6 Å². The summed E-state index contributed by atoms with van der Waals surface area (Å²) in [6.07, 6.45) is 3.95. The van der Waals surface area contributed by atoms with Crippen LogP contribution in [-0.4, -0.2) is 30.1 Å². The van der Waals surface area contributed by atoms with Gasteiger partial charge in [-0.15, -0.1) is 0 Å². The lowest BCUT2D eigenvalue weighted by atomic mass is 10.0. The van der Waals surface area contributed by atoms with Crippen LogP contribution in [0, 0.1) is 0 Å². The summed E-state index contributed by atoms with van der Waals surface area (Å²) in [5.74, 6) is -0.366. The Hall–Kier alpha value is -3.08. The second-order valence-electron chi connectivity index (χ2n) is 6.08. The van der Waals surface area contributed by atoms with E-state index in [1.54, 1.807) is 13.0 Å². The first-order valence-electron chi connectivity index (χ1n) is 8.73. The summed E-state index contributed by atoms with van der Waals surface area (Å²) in [7, 11) is 0. The zero-order valence-electron chi connectivity index (χ0n) is 14.8. The number of hydrogen-bond acceptors (Lipinski definition) is 3. The van der Waals surface area contributed by atoms with Crippen molar-refractivity contribution in [1.82, 2.24) is 4.90 Å². The summed E-state index contributed by atoms with van der Waals surface area (Å²) in [6.45, 7) is 3.46. The van der Waals surface area contributed by atoms with Crippen molar-refractivity contribution >= 4 is 23.8 Å². The molecule has 26 heavy (non-hydrogen) atoms. The van der Waals surface area contributed by atoms with Gasteiger partial charge in [0.15, 0.2) is 0 Å². The fraction of sp³-hybridized carbons (Fsp3) is 0.238. The summed E-state index contributed by atoms with van der Waals surface area (Å²) in [6, 6.07) is 15.4. The topological polar surface area (TPSA) is 58.6 Å². The van der Waals surface area contributed by atoms with Crippen molar-refractivity contribution in [3.8, 4) is 0 Å². The smallest absolute Gasteiger partial charge is 0.330 e. The second kappa shape index (κ2) is 8.34. The van der Waals surface area contributed by atoms with Gasteiger partial charge >= 0.3 is 12.0 Å². The van der Waals surface area contributed by atoms with Crippen molar-refractivity contribution in [2.45, 2.75) is 19.9 Å². The van der Waals surface area contributed by atoms with E-state index < -0.39 is 0 Å². The van der Waals surface area contributed by atoms with E-state index in [2.05, 4.69) is 17.4 Å². The minimum atomic E-state index is -0.366. The van der Waals surface area contributed by atoms with Crippen molar-refractivity contribution in [2.24, 2.45) is 0 Å². The molecule has 1 N–H and O–H groups in total. The van der Waals surface area contributed by atoms with Gasteiger partial charge in [-0.3, -0.25) is 0 Å². The molecule has 0 spiro atoms. The highest BCUT2D eigenvalue weighted by Crippen LogP contribution is 2.19. The number of esters is 1. The maximum Gasteiger partial charge on any atom is 0.330 e. The summed E-state index contributed by atoms with van der Waals surface area (Å²) >= 11 is 0. The first kappa shape index (κ1) is 17.7. The van der Waals surface area contributed by atoms with Gasteiger partial charge in [-0.2, -0.15) is 0 Å². The third-order valence-corrected chi connectivity index (χ3v) is 4.28. The van der Waals surface area contributed by atoms with Gasteiger partial charge in [0, 0.05) is 24.9 Å². The Balaban J connectivity index is 1.57. The zero-order chi connectivity index (χ0) is 18.4. The predicted molar refractivity (Wildman–Crippen MR) is 102 cm³/mol. The fourth-order valence-corrected chi connectivity index (χ4v) is 2.90. The minimum absolute atomic E-state index is 0.102. The molecule has 0 saturated carbocycles. The van der Waals surface area contributed by atoms with Gasteiger partial charge in [0.25, 0.3) is 0 Å². The number of hydrogen-bond donors (Lipinski definition) is 1. The Bertz CT molecular complexity index is 812. The van der Waals surface area contributed by atoms with Crippen LogP contribution in [0.2, 0.25) is 0 Å². The van der Waals surface area contributed by atoms with Crippen LogP contribution in [0.4, 0.5) is 10.5 Å². The lowest BCUT2D eigenvalue weighted by Crippen LogP contribution is -2.38. The molecule has 0 saturated heterocycles. The average molecular weight is 350 g/mol. The lowest BCUT2D eigenvalue weighted by molar-refractivity contribution is -0.137. The van der Waals surface area contributed by atoms with Crippen LogP contribution in [0.3, 0.4) is 0 Å². The summed E-state index contributed by atoms with van der Waals surface area (Å²) in [4.78, 5) is 25.6. The van der Waals surface area contributed by atoms with E-state index >= 15 is 0 Å². The molecular weight excluding hydrogens is 328 g/mol. The van der Waals surface area contributed by atoms with Crippen LogP contribution in [0.1, 0.15) is 23.6 Å². The Labute approximate surface area is 153 Å². The maximum absolute atomic E-state index is 12.5. The summed E-state index contributed by atoms with van der Waals surface area (Å²) < 4.78 is 4.84. The average Bonchev–Trinajstić information content (AvgIpc) is 2.67. The first-order chi connectivity index (χ1) is 12.7. The lowest BCUT2D eigenvalue weighted by Gasteiger charge is -2.29. The molecule has 5 nitrogen and oxygen atoms in total. The number of urea groups is 1. The van der Waals surface area contributed by atoms with Crippen molar-refractivity contribution < 1.29 is 14.3 Å². The normalized spacial score (nSPS) is 13.3. The molecule has 0 aromatic heterocycles. The van der Waals surface area contributed by atoms with Crippen LogP contribution in [-0.2, 0) is 22.5 Å². The molecule has 0 unspecified atom stereocenters. The summed E-state index contributed by atoms with van der Waals surface area (Å²) in [5.41, 5.74) is 4.10. The van der Waals surface area contributed by atoms with Crippen LogP contribution >= 0.6 is 0 Å². The largest absolute Gasteiger partial charge is 0.463 e. The number of carbonyl (C=O) groups is 2. The van der Waals surface area contributed by atoms with E-state index in [9.17, 15) is 9.59 Å². The SMILES string of the molecule is CCOC(=O)C=Cc1ccc(NC(=O)N2CCc3ccccc3C2)cc1. The molecule has 0 fully saturated rings. The van der Waals surface area contributed by atoms with Crippen LogP contribution < -0.4 is 5.32 Å². The third kappa shape index (κ3) is 4.51. The van der Waals surface area contributed by atoms with E-state index in [4.69, 9.17) is 4.74 Å². The minimum Gasteiger partial charge on any atom is -0.463 e. The molecule has 5 heteroatoms. The monoisotopic (exact) mass is 350 g/mol. The molecule has 0 aliphatic carbocycles. The number of anilines is 1. The maximum atomic E-state index is 12.5. The zero-order valence-corrected chi connectivity index (χ0v) is 14.8. The van der Waals surface area contributed by atoms with Gasteiger partial charge in [-0.25, -0.2) is 9.59 Å². The van der Waals surface area contributed by atoms with E-state index in [0.717, 1.165) is 17.7 Å². The van der Waals surface area contributed by atoms with E-state index in [0.29, 0.717) is 19.7 Å². The molecule has 2 amide bonds. The molecule has 1 aliphatic heterocycles. The number of fused-ring (bicyclic) bond motifs is 1. The number of rotatable bonds is 4. The van der Waals surface area contributed by atoms with Crippen molar-refractivity contribution in [3.05, 3.63) is 71.3 Å². The number of ether oxygens (including phenoxy) is 1. The van der Waals surface area contributed by atoms with E-state index in [-0.39, 0.29) is 12.0 Å². The number of nitrogens with zero attached hydrogens (tertiary/aromatic N) is 1. The fourth-order valence-electron chi connectivity index (χ4n) is 2.90. The molecule has 0 bridgehead atoms. The molecule has 0 radical (unpaired) electrons. The van der Waals surface area contributed by atoms with Crippen molar-refractivity contribution in [1.29, 1.82) is 0 Å². The van der Waals surface area contributed by atoms with Gasteiger partial charge in [-0.05, 0) is 48.2 Å². The molecule has 2 aromatic carbocycles. The number of carbonyl (C=O) groups excluding carboxylic acids is 2. The van der Waals surface area contributed by atoms with Gasteiger partial charge < -0.3 is 15.0 Å². The Morgan fingerprint density at radius 3 is 2.58 bits per heavy atom. The quantitative estimate of drug-likeness (QED) is 0.673. The summed E-state index contributed by atoms with van der Waals surface area (Å²) in [5, 5.41) is 2.93. The molecular formula is C21H22N2O3. The Morgan fingerprint density at radius 1 is 1.12 bits per heavy atom. The highest BCUT2D eigenvalue weighted by molar-refractivity contribution is 5.90. The highest BCUT2D eigenvalue weighted by Gasteiger charge is 2.20. The van der Waals surface area contributed by atoms with Crippen molar-refractivity contribution in [2.75, 3.05) is 18.5 Å². The Kier molecular flexibility index (Phi) is 5.69. The molecule has 134 valence electrons. The van der Waals surface area contributed by atoms with E-state index in [1.165, 1.54) is 17.2 Å². The first-order valence-corrected chi connectivity index (χ1v) is 8.73. The molecule has 0 atom stereocenters. The van der Waals surface area contributed by atoms with Gasteiger partial charge in [0.1, 0.15) is 0 Å². The standard InChI is InChI=1S/C21H22N2O3/c1-2-26-20(24)12-9-16-7-10-19(11-8-16)22-21(25)23-14-13-17-5-3-4-6-18(17)15-23/h3-12H,2,13-15H2,1H3,(H,22,25). The second-order valence-corrected chi connectivity index (χ2v) is 6.08. The number of benzene rings is 2. The van der Waals surface area contributed by atoms with Gasteiger partial charge in [0.2, 0.25) is 0 Å². The van der Waals surface area contributed by atoms with Crippen molar-refractivity contribution in [3.63, 3.8) is 0 Å². The van der Waals surface area contributed by atoms with Crippen LogP contribution in [0.5, 0.6) is 0 Å². The van der Waals surface area contributed by atoms with Gasteiger partial charge in [-0.1, -0.05) is 36.4 Å². The molecule has 1 aliphatic rings. The van der Waals surface area contributed by atoms with Gasteiger partial charge in [0.05, 0.1) is 6.61 Å². The Morgan fingerprint density at radius 2 is 1.85 bits per heavy atom. The predicted octanol–water partition coefficient (Wildman–Crippen LogP) is 3.85. The molecule has 3 rings (SSSR count). The highest BCUT2D eigenvalue weighted by atomic mass is 16.5. The van der Waals surface area contributed by atoms with E-state index in [1.807, 2.05) is 41.3 Å². The third-order valence-electron chi connectivity index (χ3n) is 4.28. The van der Waals surface area contributed by atoms with Crippen LogP contribution in [0.25, 0.3) is 6.08 Å². The number of amides is 2. The number of nitrogens with one attached hydrogen (secondary N) is 1.